The molecule has 1 N–H and O–H groups in total. The van der Waals surface area contributed by atoms with Crippen molar-refractivity contribution in [3.8, 4) is 11.3 Å². The highest BCUT2D eigenvalue weighted by Gasteiger charge is 2.23. The van der Waals surface area contributed by atoms with E-state index in [4.69, 9.17) is 0 Å². The molecule has 0 bridgehead atoms. The molecule has 2 heterocycles. The van der Waals surface area contributed by atoms with Gasteiger partial charge in [0.05, 0.1) is 5.69 Å². The third-order valence-corrected chi connectivity index (χ3v) is 5.50. The summed E-state index contributed by atoms with van der Waals surface area (Å²) in [5.41, 5.74) is 1.35. The molecule has 25 heavy (non-hydrogen) atoms. The molecule has 3 aromatic rings. The summed E-state index contributed by atoms with van der Waals surface area (Å²) in [5.74, 6) is -0.469. The number of rotatable bonds is 6. The van der Waals surface area contributed by atoms with E-state index in [0.29, 0.717) is 18.7 Å². The normalized spacial score (nSPS) is 11.6. The van der Waals surface area contributed by atoms with Crippen LogP contribution in [-0.2, 0) is 16.4 Å². The molecular formula is C18H18FN3O2S. The van der Waals surface area contributed by atoms with Crippen molar-refractivity contribution in [2.75, 3.05) is 13.6 Å². The van der Waals surface area contributed by atoms with Gasteiger partial charge in [-0.3, -0.25) is 4.98 Å². The van der Waals surface area contributed by atoms with E-state index < -0.39 is 15.8 Å². The van der Waals surface area contributed by atoms with Crippen LogP contribution >= 0.6 is 0 Å². The van der Waals surface area contributed by atoms with Gasteiger partial charge in [0.1, 0.15) is 10.7 Å². The number of likely N-dealkylation sites (N-methyl/N-ethyl adjacent to an activating group) is 1. The van der Waals surface area contributed by atoms with E-state index >= 15 is 0 Å². The lowest BCUT2D eigenvalue weighted by molar-refractivity contribution is 0.587. The van der Waals surface area contributed by atoms with Gasteiger partial charge >= 0.3 is 0 Å². The zero-order valence-electron chi connectivity index (χ0n) is 13.7. The number of pyridine rings is 1. The number of halogens is 1. The average molecular weight is 359 g/mol. The van der Waals surface area contributed by atoms with Gasteiger partial charge in [-0.2, -0.15) is 0 Å². The Morgan fingerprint density at radius 2 is 2.00 bits per heavy atom. The molecule has 0 saturated heterocycles. The summed E-state index contributed by atoms with van der Waals surface area (Å²) in [6, 6.07) is 10.9. The monoisotopic (exact) mass is 359 g/mol. The molecule has 0 fully saturated rings. The maximum atomic E-state index is 14.3. The number of nitrogens with one attached hydrogen (secondary N) is 1. The number of hydrogen-bond acceptors (Lipinski definition) is 4. The van der Waals surface area contributed by atoms with Crippen LogP contribution < -0.4 is 5.32 Å². The van der Waals surface area contributed by atoms with Gasteiger partial charge < -0.3 is 5.32 Å². The van der Waals surface area contributed by atoms with Crippen molar-refractivity contribution < 1.29 is 12.8 Å². The highest BCUT2D eigenvalue weighted by molar-refractivity contribution is 7.90. The smallest absolute Gasteiger partial charge is 0.269 e. The maximum absolute atomic E-state index is 14.3. The second kappa shape index (κ2) is 7.16. The molecule has 0 aliphatic heterocycles. The molecule has 5 nitrogen and oxygen atoms in total. The lowest BCUT2D eigenvalue weighted by Crippen LogP contribution is -2.14. The lowest BCUT2D eigenvalue weighted by atomic mass is 10.1. The minimum Gasteiger partial charge on any atom is -0.319 e. The SMILES string of the molecule is CNCCc1cc(-c2ccccc2F)n(S(=O)(=O)c2cccnc2)c1. The minimum atomic E-state index is -3.87. The van der Waals surface area contributed by atoms with Gasteiger partial charge in [0.15, 0.2) is 0 Å². The molecule has 3 rings (SSSR count). The van der Waals surface area contributed by atoms with Crippen LogP contribution in [0.5, 0.6) is 0 Å². The largest absolute Gasteiger partial charge is 0.319 e. The molecule has 7 heteroatoms. The first-order chi connectivity index (χ1) is 12.0. The molecule has 0 radical (unpaired) electrons. The molecule has 130 valence electrons. The van der Waals surface area contributed by atoms with Crippen molar-refractivity contribution in [3.63, 3.8) is 0 Å². The van der Waals surface area contributed by atoms with Crippen LogP contribution in [0.2, 0.25) is 0 Å². The topological polar surface area (TPSA) is 64.0 Å². The fourth-order valence-corrected chi connectivity index (χ4v) is 3.94. The van der Waals surface area contributed by atoms with Crippen LogP contribution in [0.4, 0.5) is 4.39 Å². The summed E-state index contributed by atoms with van der Waals surface area (Å²) in [7, 11) is -2.05. The molecule has 0 amide bonds. The van der Waals surface area contributed by atoms with Crippen molar-refractivity contribution in [2.24, 2.45) is 0 Å². The Kier molecular flexibility index (Phi) is 4.96. The average Bonchev–Trinajstić information content (AvgIpc) is 3.06. The van der Waals surface area contributed by atoms with Crippen LogP contribution in [0.15, 0.2) is 66.0 Å². The van der Waals surface area contributed by atoms with E-state index in [9.17, 15) is 12.8 Å². The quantitative estimate of drug-likeness (QED) is 0.735. The Balaban J connectivity index is 2.18. The van der Waals surface area contributed by atoms with Gasteiger partial charge in [-0.1, -0.05) is 12.1 Å². The zero-order chi connectivity index (χ0) is 17.9. The van der Waals surface area contributed by atoms with E-state index in [-0.39, 0.29) is 10.5 Å². The fraction of sp³-hybridized carbons (Fsp3) is 0.167. The number of benzene rings is 1. The molecule has 0 aliphatic rings. The zero-order valence-corrected chi connectivity index (χ0v) is 14.5. The van der Waals surface area contributed by atoms with Crippen LogP contribution in [0.3, 0.4) is 0 Å². The summed E-state index contributed by atoms with van der Waals surface area (Å²) < 4.78 is 41.4. The van der Waals surface area contributed by atoms with E-state index in [1.807, 2.05) is 7.05 Å². The van der Waals surface area contributed by atoms with Crippen LogP contribution in [0, 0.1) is 5.82 Å². The Hall–Kier alpha value is -2.51. The third kappa shape index (κ3) is 3.47. The molecule has 0 unspecified atom stereocenters. The van der Waals surface area contributed by atoms with Crippen molar-refractivity contribution >= 4 is 10.0 Å². The first-order valence-corrected chi connectivity index (χ1v) is 9.24. The highest BCUT2D eigenvalue weighted by atomic mass is 32.2. The summed E-state index contributed by atoms with van der Waals surface area (Å²) in [5, 5.41) is 3.02. The van der Waals surface area contributed by atoms with E-state index in [2.05, 4.69) is 10.3 Å². The molecule has 0 atom stereocenters. The Morgan fingerprint density at radius 3 is 2.68 bits per heavy atom. The predicted octanol–water partition coefficient (Wildman–Crippen LogP) is 2.69. The minimum absolute atomic E-state index is 0.0587. The molecule has 1 aromatic carbocycles. The summed E-state index contributed by atoms with van der Waals surface area (Å²) in [4.78, 5) is 3.93. The van der Waals surface area contributed by atoms with Gasteiger partial charge in [-0.15, -0.1) is 0 Å². The van der Waals surface area contributed by atoms with Crippen molar-refractivity contribution in [1.29, 1.82) is 0 Å². The third-order valence-electron chi connectivity index (χ3n) is 3.85. The van der Waals surface area contributed by atoms with Crippen molar-refractivity contribution in [1.82, 2.24) is 14.3 Å². The first-order valence-electron chi connectivity index (χ1n) is 7.80. The molecule has 0 aliphatic carbocycles. The van der Waals surface area contributed by atoms with Gasteiger partial charge in [-0.25, -0.2) is 16.8 Å². The van der Waals surface area contributed by atoms with Crippen molar-refractivity contribution in [3.05, 3.63) is 72.4 Å². The van der Waals surface area contributed by atoms with Crippen LogP contribution in [0.1, 0.15) is 5.56 Å². The molecule has 0 saturated carbocycles. The first kappa shape index (κ1) is 17.3. The second-order valence-corrected chi connectivity index (χ2v) is 7.37. The number of aromatic nitrogens is 2. The highest BCUT2D eigenvalue weighted by Crippen LogP contribution is 2.29. The molecule has 2 aromatic heterocycles. The Bertz CT molecular complexity index is 969. The van der Waals surface area contributed by atoms with Gasteiger partial charge in [0.25, 0.3) is 10.0 Å². The van der Waals surface area contributed by atoms with Gasteiger partial charge in [0, 0.05) is 24.2 Å². The maximum Gasteiger partial charge on any atom is 0.269 e. The summed E-state index contributed by atoms with van der Waals surface area (Å²) in [6.07, 6.45) is 4.97. The van der Waals surface area contributed by atoms with Gasteiger partial charge in [0.2, 0.25) is 0 Å². The standard InChI is InChI=1S/C18H18FN3O2S/c1-20-10-8-14-11-18(16-6-2-3-7-17(16)19)22(13-14)25(23,24)15-5-4-9-21-12-15/h2-7,9,11-13,20H,8,10H2,1H3. The lowest BCUT2D eigenvalue weighted by Gasteiger charge is -2.10. The molecular weight excluding hydrogens is 341 g/mol. The number of nitrogens with zero attached hydrogens (tertiary/aromatic N) is 2. The van der Waals surface area contributed by atoms with E-state index in [1.54, 1.807) is 36.5 Å². The van der Waals surface area contributed by atoms with Gasteiger partial charge in [-0.05, 0) is 55.9 Å². The fourth-order valence-electron chi connectivity index (χ4n) is 2.58. The van der Waals surface area contributed by atoms with E-state index in [0.717, 1.165) is 9.54 Å². The second-order valence-electron chi connectivity index (χ2n) is 5.56. The van der Waals surface area contributed by atoms with E-state index in [1.165, 1.54) is 24.5 Å². The van der Waals surface area contributed by atoms with Crippen LogP contribution in [0.25, 0.3) is 11.3 Å². The Morgan fingerprint density at radius 1 is 1.20 bits per heavy atom. The summed E-state index contributed by atoms with van der Waals surface area (Å²) >= 11 is 0. The number of hydrogen-bond donors (Lipinski definition) is 1. The predicted molar refractivity (Wildman–Crippen MR) is 94.3 cm³/mol. The molecule has 0 spiro atoms. The van der Waals surface area contributed by atoms with Crippen molar-refractivity contribution in [2.45, 2.75) is 11.3 Å². The summed E-state index contributed by atoms with van der Waals surface area (Å²) in [6.45, 7) is 0.688. The van der Waals surface area contributed by atoms with Crippen LogP contribution in [-0.4, -0.2) is 31.0 Å². The Labute approximate surface area is 146 Å².